The Labute approximate surface area is 137 Å². The number of carbonyl (C=O) groups is 1. The summed E-state index contributed by atoms with van der Waals surface area (Å²) in [5.74, 6) is -0.382. The van der Waals surface area contributed by atoms with Crippen molar-refractivity contribution in [2.24, 2.45) is 0 Å². The Hall–Kier alpha value is -2.10. The van der Waals surface area contributed by atoms with Crippen LogP contribution in [0.2, 0.25) is 0 Å². The third-order valence-corrected chi connectivity index (χ3v) is 4.15. The largest absolute Gasteiger partial charge is 0.508 e. The molecule has 22 heavy (non-hydrogen) atoms. The summed E-state index contributed by atoms with van der Waals surface area (Å²) in [6.45, 7) is 0. The summed E-state index contributed by atoms with van der Waals surface area (Å²) in [6.07, 6.45) is 1.46. The van der Waals surface area contributed by atoms with Crippen LogP contribution in [-0.2, 0) is 4.33 Å². The fraction of sp³-hybridized carbons (Fsp3) is 0.0588. The summed E-state index contributed by atoms with van der Waals surface area (Å²) in [7, 11) is 0. The molecule has 0 aliphatic heterocycles. The minimum Gasteiger partial charge on any atom is -0.508 e. The van der Waals surface area contributed by atoms with Crippen molar-refractivity contribution in [3.05, 3.63) is 71.9 Å². The van der Waals surface area contributed by atoms with Crippen molar-refractivity contribution >= 4 is 39.9 Å². The molecule has 0 unspecified atom stereocenters. The number of benzene rings is 2. The van der Waals surface area contributed by atoms with Crippen molar-refractivity contribution in [3.63, 3.8) is 0 Å². The zero-order valence-electron chi connectivity index (χ0n) is 11.3. The van der Waals surface area contributed by atoms with Crippen LogP contribution < -0.4 is 0 Å². The zero-order valence-corrected chi connectivity index (χ0v) is 12.8. The maximum atomic E-state index is 12.6. The quantitative estimate of drug-likeness (QED) is 0.569. The molecule has 2 aromatic carbocycles. The molecule has 3 rings (SSSR count). The predicted octanol–water partition coefficient (Wildman–Crippen LogP) is 4.45. The second-order valence-corrected chi connectivity index (χ2v) is 6.19. The average molecular weight is 332 g/mol. The van der Waals surface area contributed by atoms with Gasteiger partial charge in [-0.25, -0.2) is 0 Å². The molecule has 0 bridgehead atoms. The van der Waals surface area contributed by atoms with Crippen LogP contribution in [0.25, 0.3) is 10.9 Å². The smallest absolute Gasteiger partial charge is 0.205 e. The molecule has 0 fully saturated rings. The van der Waals surface area contributed by atoms with Crippen LogP contribution in [-0.4, -0.2) is 15.9 Å². The molecule has 0 atom stereocenters. The molecular formula is C17H11Cl2NO2. The number of carbonyl (C=O) groups excluding carboxylic acids is 1. The highest BCUT2D eigenvalue weighted by atomic mass is 35.5. The first-order valence-corrected chi connectivity index (χ1v) is 7.31. The maximum absolute atomic E-state index is 12.6. The lowest BCUT2D eigenvalue weighted by Crippen LogP contribution is -2.23. The number of Topliss-reactive ketones (excluding diaryl/α,β-unsaturated/α-hetero) is 1. The number of pyridine rings is 1. The number of alkyl halides is 2. The van der Waals surface area contributed by atoms with Crippen molar-refractivity contribution in [1.29, 1.82) is 0 Å². The Morgan fingerprint density at radius 2 is 1.73 bits per heavy atom. The van der Waals surface area contributed by atoms with Gasteiger partial charge in [-0.05, 0) is 29.8 Å². The molecular weight excluding hydrogens is 321 g/mol. The van der Waals surface area contributed by atoms with E-state index in [0.717, 1.165) is 10.9 Å². The summed E-state index contributed by atoms with van der Waals surface area (Å²) in [5, 5.41) is 10.2. The van der Waals surface area contributed by atoms with Crippen molar-refractivity contribution in [2.45, 2.75) is 4.33 Å². The molecule has 0 aliphatic rings. The number of nitrogens with zero attached hydrogens (tertiary/aromatic N) is 1. The molecule has 5 heteroatoms. The number of rotatable bonds is 3. The summed E-state index contributed by atoms with van der Waals surface area (Å²) >= 11 is 12.5. The topological polar surface area (TPSA) is 50.2 Å². The number of phenolic OH excluding ortho intramolecular Hbond substituents is 1. The van der Waals surface area contributed by atoms with Crippen LogP contribution in [0.4, 0.5) is 0 Å². The summed E-state index contributed by atoms with van der Waals surface area (Å²) in [5.41, 5.74) is 1.52. The van der Waals surface area contributed by atoms with Gasteiger partial charge in [-0.1, -0.05) is 53.5 Å². The average Bonchev–Trinajstić information content (AvgIpc) is 2.54. The van der Waals surface area contributed by atoms with Gasteiger partial charge >= 0.3 is 0 Å². The van der Waals surface area contributed by atoms with E-state index in [0.29, 0.717) is 11.1 Å². The number of fused-ring (bicyclic) bond motifs is 1. The minimum atomic E-state index is -1.74. The van der Waals surface area contributed by atoms with Gasteiger partial charge in [-0.2, -0.15) is 0 Å². The van der Waals surface area contributed by atoms with Gasteiger partial charge in [0.25, 0.3) is 0 Å². The monoisotopic (exact) mass is 331 g/mol. The van der Waals surface area contributed by atoms with E-state index in [1.54, 1.807) is 6.07 Å². The first-order valence-electron chi connectivity index (χ1n) is 6.55. The van der Waals surface area contributed by atoms with Gasteiger partial charge in [-0.3, -0.25) is 9.78 Å². The van der Waals surface area contributed by atoms with Crippen molar-refractivity contribution in [2.75, 3.05) is 0 Å². The Kier molecular flexibility index (Phi) is 3.77. The Balaban J connectivity index is 2.01. The van der Waals surface area contributed by atoms with E-state index >= 15 is 0 Å². The summed E-state index contributed by atoms with van der Waals surface area (Å²) in [4.78, 5) is 16.9. The lowest BCUT2D eigenvalue weighted by Gasteiger charge is -2.18. The molecule has 1 heterocycles. The molecule has 0 spiro atoms. The van der Waals surface area contributed by atoms with E-state index in [-0.39, 0.29) is 5.75 Å². The fourth-order valence-corrected chi connectivity index (χ4v) is 2.65. The zero-order chi connectivity index (χ0) is 15.7. The third kappa shape index (κ3) is 2.65. The number of halogens is 2. The molecule has 0 saturated heterocycles. The molecule has 1 N–H and O–H groups in total. The van der Waals surface area contributed by atoms with E-state index < -0.39 is 10.1 Å². The van der Waals surface area contributed by atoms with Gasteiger partial charge in [0.15, 0.2) is 0 Å². The van der Waals surface area contributed by atoms with Crippen LogP contribution in [0.1, 0.15) is 15.9 Å². The fourth-order valence-electron chi connectivity index (χ4n) is 2.18. The summed E-state index contributed by atoms with van der Waals surface area (Å²) in [6, 6.07) is 15.1. The van der Waals surface area contributed by atoms with Gasteiger partial charge in [0.05, 0.1) is 5.52 Å². The van der Waals surface area contributed by atoms with Gasteiger partial charge in [-0.15, -0.1) is 0 Å². The van der Waals surface area contributed by atoms with E-state index in [2.05, 4.69) is 4.98 Å². The second kappa shape index (κ2) is 5.59. The molecule has 0 aliphatic carbocycles. The number of hydrogen-bond donors (Lipinski definition) is 1. The molecule has 3 nitrogen and oxygen atoms in total. The molecule has 110 valence electrons. The first kappa shape index (κ1) is 14.8. The van der Waals surface area contributed by atoms with Crippen molar-refractivity contribution < 1.29 is 9.90 Å². The Morgan fingerprint density at radius 3 is 2.45 bits per heavy atom. The highest BCUT2D eigenvalue weighted by Crippen LogP contribution is 2.38. The molecule has 3 aromatic rings. The van der Waals surface area contributed by atoms with Crippen LogP contribution in [0, 0.1) is 0 Å². The number of aromatic nitrogens is 1. The Bertz CT molecular complexity index is 845. The lowest BCUT2D eigenvalue weighted by atomic mass is 10.0. The SMILES string of the molecule is O=C(c1cnc2ccccc2c1)C(Cl)(Cl)c1ccc(O)cc1. The van der Waals surface area contributed by atoms with Crippen LogP contribution in [0.5, 0.6) is 5.75 Å². The lowest BCUT2D eigenvalue weighted by molar-refractivity contribution is 0.0972. The predicted molar refractivity (Wildman–Crippen MR) is 87.6 cm³/mol. The number of aromatic hydroxyl groups is 1. The molecule has 0 radical (unpaired) electrons. The van der Waals surface area contributed by atoms with Crippen LogP contribution in [0.3, 0.4) is 0 Å². The number of hydrogen-bond acceptors (Lipinski definition) is 3. The van der Waals surface area contributed by atoms with Gasteiger partial charge < -0.3 is 5.11 Å². The summed E-state index contributed by atoms with van der Waals surface area (Å²) < 4.78 is -1.74. The molecule has 1 aromatic heterocycles. The highest BCUT2D eigenvalue weighted by Gasteiger charge is 2.36. The van der Waals surface area contributed by atoms with E-state index in [4.69, 9.17) is 23.2 Å². The van der Waals surface area contributed by atoms with Crippen LogP contribution >= 0.6 is 23.2 Å². The Morgan fingerprint density at radius 1 is 1.05 bits per heavy atom. The number of para-hydroxylation sites is 1. The third-order valence-electron chi connectivity index (χ3n) is 3.37. The van der Waals surface area contributed by atoms with Crippen LogP contribution in [0.15, 0.2) is 60.8 Å². The number of phenols is 1. The molecule has 0 amide bonds. The van der Waals surface area contributed by atoms with Gasteiger partial charge in [0, 0.05) is 17.1 Å². The van der Waals surface area contributed by atoms with Gasteiger partial charge in [0.1, 0.15) is 5.75 Å². The second-order valence-electron chi connectivity index (χ2n) is 4.87. The van der Waals surface area contributed by atoms with E-state index in [1.165, 1.54) is 30.5 Å². The first-order chi connectivity index (χ1) is 10.5. The molecule has 0 saturated carbocycles. The standard InChI is InChI=1S/C17H11Cl2NO2/c18-17(19,13-5-7-14(21)8-6-13)16(22)12-9-11-3-1-2-4-15(11)20-10-12/h1-10,21H. The van der Waals surface area contributed by atoms with Crippen molar-refractivity contribution in [3.8, 4) is 5.75 Å². The number of ketones is 1. The van der Waals surface area contributed by atoms with Gasteiger partial charge in [0.2, 0.25) is 10.1 Å². The maximum Gasteiger partial charge on any atom is 0.205 e. The normalized spacial score (nSPS) is 11.5. The highest BCUT2D eigenvalue weighted by molar-refractivity contribution is 6.59. The van der Waals surface area contributed by atoms with E-state index in [9.17, 15) is 9.90 Å². The van der Waals surface area contributed by atoms with E-state index in [1.807, 2.05) is 24.3 Å². The minimum absolute atomic E-state index is 0.0766. The van der Waals surface area contributed by atoms with Crippen molar-refractivity contribution in [1.82, 2.24) is 4.98 Å².